The van der Waals surface area contributed by atoms with Gasteiger partial charge in [-0.3, -0.25) is 9.59 Å². The van der Waals surface area contributed by atoms with E-state index in [2.05, 4.69) is 19.2 Å². The third-order valence-corrected chi connectivity index (χ3v) is 7.95. The van der Waals surface area contributed by atoms with Crippen molar-refractivity contribution in [3.8, 4) is 17.2 Å². The quantitative estimate of drug-likeness (QED) is 0.656. The second-order valence-corrected chi connectivity index (χ2v) is 9.79. The predicted molar refractivity (Wildman–Crippen MR) is 134 cm³/mol. The number of hydrogen-bond donors (Lipinski definition) is 1. The van der Waals surface area contributed by atoms with Gasteiger partial charge >= 0.3 is 0 Å². The molecule has 0 saturated heterocycles. The Morgan fingerprint density at radius 2 is 1.63 bits per heavy atom. The van der Waals surface area contributed by atoms with Gasteiger partial charge in [-0.2, -0.15) is 0 Å². The second kappa shape index (κ2) is 10.2. The third kappa shape index (κ3) is 4.56. The molecule has 2 aliphatic rings. The number of fused-ring (bicyclic) bond motifs is 1. The van der Waals surface area contributed by atoms with E-state index in [1.165, 1.54) is 13.5 Å². The van der Waals surface area contributed by atoms with Gasteiger partial charge in [0, 0.05) is 18.7 Å². The molecule has 0 spiro atoms. The molecule has 35 heavy (non-hydrogen) atoms. The summed E-state index contributed by atoms with van der Waals surface area (Å²) in [4.78, 5) is 29.2. The number of nitrogens with zero attached hydrogens (tertiary/aromatic N) is 1. The Hall–Kier alpha value is -3.22. The molecule has 0 radical (unpaired) electrons. The molecule has 1 N–H and O–H groups in total. The van der Waals surface area contributed by atoms with E-state index in [9.17, 15) is 9.59 Å². The second-order valence-electron chi connectivity index (χ2n) is 9.79. The lowest BCUT2D eigenvalue weighted by Gasteiger charge is -2.42. The summed E-state index contributed by atoms with van der Waals surface area (Å²) >= 11 is 0. The van der Waals surface area contributed by atoms with Gasteiger partial charge < -0.3 is 24.4 Å². The van der Waals surface area contributed by atoms with Crippen molar-refractivity contribution in [1.82, 2.24) is 10.2 Å². The highest BCUT2D eigenvalue weighted by molar-refractivity contribution is 6.02. The van der Waals surface area contributed by atoms with Crippen LogP contribution in [0, 0.1) is 11.8 Å². The smallest absolute Gasteiger partial charge is 0.254 e. The topological polar surface area (TPSA) is 77.1 Å². The largest absolute Gasteiger partial charge is 0.497 e. The zero-order valence-corrected chi connectivity index (χ0v) is 21.5. The van der Waals surface area contributed by atoms with Crippen LogP contribution in [0.3, 0.4) is 0 Å². The van der Waals surface area contributed by atoms with Gasteiger partial charge in [0.15, 0.2) is 11.5 Å². The van der Waals surface area contributed by atoms with E-state index in [0.717, 1.165) is 24.2 Å². The maximum Gasteiger partial charge on any atom is 0.254 e. The number of carbonyl (C=O) groups excluding carboxylic acids is 2. The SMILES string of the molecule is COc1ccc([C@@H]2[C@H](C(=O)N[C@@H]3CCC[C@H](C)[C@@H]3C)c3cc(OC)c(OC)cc3C(=O)N2C)cc1. The van der Waals surface area contributed by atoms with Gasteiger partial charge in [0.25, 0.3) is 5.91 Å². The Morgan fingerprint density at radius 1 is 0.971 bits per heavy atom. The molecule has 2 aromatic carbocycles. The maximum atomic E-state index is 14.0. The molecule has 4 rings (SSSR count). The Bertz CT molecular complexity index is 1080. The Morgan fingerprint density at radius 3 is 2.26 bits per heavy atom. The number of nitrogens with one attached hydrogen (secondary N) is 1. The van der Waals surface area contributed by atoms with Crippen molar-refractivity contribution < 1.29 is 23.8 Å². The van der Waals surface area contributed by atoms with E-state index in [1.807, 2.05) is 24.3 Å². The first-order valence-electron chi connectivity index (χ1n) is 12.3. The zero-order chi connectivity index (χ0) is 25.3. The first kappa shape index (κ1) is 24.9. The van der Waals surface area contributed by atoms with E-state index in [4.69, 9.17) is 14.2 Å². The molecule has 0 unspecified atom stereocenters. The number of amides is 2. The van der Waals surface area contributed by atoms with E-state index in [-0.39, 0.29) is 17.9 Å². The molecule has 1 aliphatic carbocycles. The number of rotatable bonds is 6. The first-order valence-corrected chi connectivity index (χ1v) is 12.3. The van der Waals surface area contributed by atoms with Gasteiger partial charge in [0.1, 0.15) is 5.75 Å². The van der Waals surface area contributed by atoms with Crippen LogP contribution in [-0.4, -0.2) is 51.1 Å². The van der Waals surface area contributed by atoms with Gasteiger partial charge in [0.05, 0.1) is 33.3 Å². The molecular formula is C28H36N2O5. The number of carbonyl (C=O) groups is 2. The highest BCUT2D eigenvalue weighted by Crippen LogP contribution is 2.46. The third-order valence-electron chi connectivity index (χ3n) is 7.95. The molecule has 7 nitrogen and oxygen atoms in total. The van der Waals surface area contributed by atoms with Crippen molar-refractivity contribution in [1.29, 1.82) is 0 Å². The first-order chi connectivity index (χ1) is 16.8. The molecule has 1 saturated carbocycles. The highest BCUT2D eigenvalue weighted by Gasteiger charge is 2.44. The molecule has 7 heteroatoms. The normalized spacial score (nSPS) is 26.1. The number of likely N-dealkylation sites (N-methyl/N-ethyl adjacent to an activating group) is 1. The Balaban J connectivity index is 1.82. The summed E-state index contributed by atoms with van der Waals surface area (Å²) in [5.74, 6) is 1.77. The zero-order valence-electron chi connectivity index (χ0n) is 21.5. The van der Waals surface area contributed by atoms with Crippen molar-refractivity contribution >= 4 is 11.8 Å². The number of ether oxygens (including phenoxy) is 3. The number of methoxy groups -OCH3 is 3. The van der Waals surface area contributed by atoms with Crippen LogP contribution in [0.25, 0.3) is 0 Å². The molecule has 2 amide bonds. The summed E-state index contributed by atoms with van der Waals surface area (Å²) in [6.07, 6.45) is 3.25. The highest BCUT2D eigenvalue weighted by atomic mass is 16.5. The lowest BCUT2D eigenvalue weighted by Crippen LogP contribution is -2.50. The van der Waals surface area contributed by atoms with Crippen molar-refractivity contribution in [3.05, 3.63) is 53.1 Å². The van der Waals surface area contributed by atoms with Gasteiger partial charge in [-0.15, -0.1) is 0 Å². The minimum absolute atomic E-state index is 0.0791. The molecular weight excluding hydrogens is 444 g/mol. The maximum absolute atomic E-state index is 14.0. The van der Waals surface area contributed by atoms with Crippen LogP contribution in [0.1, 0.15) is 66.6 Å². The van der Waals surface area contributed by atoms with Gasteiger partial charge in [-0.25, -0.2) is 0 Å². The van der Waals surface area contributed by atoms with Crippen LogP contribution in [0.15, 0.2) is 36.4 Å². The molecule has 0 bridgehead atoms. The standard InChI is InChI=1S/C28H36N2O5/c1-16-8-7-9-22(17(16)2)29-27(31)25-20-14-23(34-5)24(35-6)15-21(20)28(32)30(3)26(25)18-10-12-19(33-4)13-11-18/h10-17,22,25-26H,7-9H2,1-6H3,(H,29,31)/t16-,17-,22+,25+,26+/m0/s1. The molecule has 1 fully saturated rings. The molecule has 188 valence electrons. The minimum atomic E-state index is -0.606. The summed E-state index contributed by atoms with van der Waals surface area (Å²) < 4.78 is 16.3. The van der Waals surface area contributed by atoms with E-state index < -0.39 is 12.0 Å². The Kier molecular flexibility index (Phi) is 7.24. The van der Waals surface area contributed by atoms with Crippen molar-refractivity contribution in [2.75, 3.05) is 28.4 Å². The molecule has 1 aliphatic heterocycles. The fourth-order valence-corrected chi connectivity index (χ4v) is 5.61. The lowest BCUT2D eigenvalue weighted by molar-refractivity contribution is -0.125. The van der Waals surface area contributed by atoms with Crippen molar-refractivity contribution in [3.63, 3.8) is 0 Å². The summed E-state index contributed by atoms with van der Waals surface area (Å²) in [7, 11) is 6.46. The van der Waals surface area contributed by atoms with Crippen LogP contribution < -0.4 is 19.5 Å². The van der Waals surface area contributed by atoms with E-state index in [0.29, 0.717) is 34.5 Å². The van der Waals surface area contributed by atoms with Crippen LogP contribution in [0.2, 0.25) is 0 Å². The van der Waals surface area contributed by atoms with Crippen molar-refractivity contribution in [2.45, 2.75) is 51.1 Å². The average molecular weight is 481 g/mol. The van der Waals surface area contributed by atoms with E-state index >= 15 is 0 Å². The Labute approximate surface area is 207 Å². The van der Waals surface area contributed by atoms with Crippen LogP contribution >= 0.6 is 0 Å². The monoisotopic (exact) mass is 480 g/mol. The molecule has 0 aromatic heterocycles. The fraction of sp³-hybridized carbons (Fsp3) is 0.500. The average Bonchev–Trinajstić information content (AvgIpc) is 2.87. The fourth-order valence-electron chi connectivity index (χ4n) is 5.61. The summed E-state index contributed by atoms with van der Waals surface area (Å²) in [5.41, 5.74) is 1.98. The predicted octanol–water partition coefficient (Wildman–Crippen LogP) is 4.56. The molecule has 2 aromatic rings. The molecule has 5 atom stereocenters. The lowest BCUT2D eigenvalue weighted by atomic mass is 9.76. The van der Waals surface area contributed by atoms with Gasteiger partial charge in [-0.05, 0) is 53.6 Å². The summed E-state index contributed by atoms with van der Waals surface area (Å²) in [6, 6.07) is 10.7. The number of hydrogen-bond acceptors (Lipinski definition) is 5. The van der Waals surface area contributed by atoms with E-state index in [1.54, 1.807) is 38.3 Å². The van der Waals surface area contributed by atoms with Crippen molar-refractivity contribution in [2.24, 2.45) is 11.8 Å². The summed E-state index contributed by atoms with van der Waals surface area (Å²) in [6.45, 7) is 4.47. The van der Waals surface area contributed by atoms with Crippen LogP contribution in [-0.2, 0) is 4.79 Å². The van der Waals surface area contributed by atoms with Crippen LogP contribution in [0.4, 0.5) is 0 Å². The molecule has 1 heterocycles. The summed E-state index contributed by atoms with van der Waals surface area (Å²) in [5, 5.41) is 3.36. The number of benzene rings is 2. The van der Waals surface area contributed by atoms with Gasteiger partial charge in [0.2, 0.25) is 5.91 Å². The van der Waals surface area contributed by atoms with Crippen LogP contribution in [0.5, 0.6) is 17.2 Å². The van der Waals surface area contributed by atoms with Gasteiger partial charge in [-0.1, -0.05) is 38.8 Å². The minimum Gasteiger partial charge on any atom is -0.497 e.